The number of nitrogens with zero attached hydrogens (tertiary/aromatic N) is 4. The summed E-state index contributed by atoms with van der Waals surface area (Å²) in [5, 5.41) is 17.1. The van der Waals surface area contributed by atoms with Gasteiger partial charge >= 0.3 is 0 Å². The van der Waals surface area contributed by atoms with Crippen molar-refractivity contribution in [3.05, 3.63) is 64.1 Å². The molecule has 6 nitrogen and oxygen atoms in total. The number of nitriles is 1. The van der Waals surface area contributed by atoms with Crippen LogP contribution in [0.4, 0.5) is 16.0 Å². The summed E-state index contributed by atoms with van der Waals surface area (Å²) in [4.78, 5) is 4.22. The molecule has 0 unspecified atom stereocenters. The van der Waals surface area contributed by atoms with Gasteiger partial charge in [-0.1, -0.05) is 15.9 Å². The van der Waals surface area contributed by atoms with Crippen LogP contribution in [0.25, 0.3) is 5.69 Å². The van der Waals surface area contributed by atoms with Crippen molar-refractivity contribution in [1.29, 1.82) is 5.26 Å². The molecule has 132 valence electrons. The normalized spacial score (nSPS) is 10.5. The molecule has 8 heteroatoms. The number of hydrogen-bond acceptors (Lipinski definition) is 5. The highest BCUT2D eigenvalue weighted by Crippen LogP contribution is 2.22. The Bertz CT molecular complexity index is 945. The Hall–Kier alpha value is -2.92. The van der Waals surface area contributed by atoms with Crippen LogP contribution in [-0.2, 0) is 6.42 Å². The van der Waals surface area contributed by atoms with Gasteiger partial charge in [-0.25, -0.2) is 14.1 Å². The summed E-state index contributed by atoms with van der Waals surface area (Å²) in [6.07, 6.45) is 3.05. The van der Waals surface area contributed by atoms with E-state index in [9.17, 15) is 9.65 Å². The topological polar surface area (TPSA) is 92.5 Å². The molecule has 0 fully saturated rings. The minimum Gasteiger partial charge on any atom is -0.382 e. The molecule has 0 atom stereocenters. The second-order valence-electron chi connectivity index (χ2n) is 5.60. The molecule has 2 aromatic heterocycles. The van der Waals surface area contributed by atoms with Crippen LogP contribution in [0.5, 0.6) is 0 Å². The highest BCUT2D eigenvalue weighted by atomic mass is 79.9. The van der Waals surface area contributed by atoms with E-state index in [0.29, 0.717) is 29.9 Å². The number of nitrogens with one attached hydrogen (secondary N) is 1. The molecule has 3 N–H and O–H groups in total. The first-order valence-corrected chi connectivity index (χ1v) is 8.76. The lowest BCUT2D eigenvalue weighted by Gasteiger charge is -2.05. The van der Waals surface area contributed by atoms with Crippen LogP contribution in [-0.4, -0.2) is 21.3 Å². The second kappa shape index (κ2) is 7.97. The van der Waals surface area contributed by atoms with Gasteiger partial charge in [0.2, 0.25) is 0 Å². The van der Waals surface area contributed by atoms with E-state index < -0.39 is 0 Å². The van der Waals surface area contributed by atoms with Crippen LogP contribution in [0.3, 0.4) is 0 Å². The molecule has 3 aromatic rings. The molecular formula is C18H16BrFN6. The molecule has 0 spiro atoms. The van der Waals surface area contributed by atoms with Crippen LogP contribution in [0, 0.1) is 17.1 Å². The van der Waals surface area contributed by atoms with Crippen LogP contribution < -0.4 is 11.1 Å². The molecule has 0 aliphatic heterocycles. The fraction of sp³-hybridized carbons (Fsp3) is 0.167. The third kappa shape index (κ3) is 4.00. The molecule has 0 aliphatic carbocycles. The van der Waals surface area contributed by atoms with E-state index in [1.807, 2.05) is 12.1 Å². The van der Waals surface area contributed by atoms with Crippen LogP contribution in [0.15, 0.2) is 47.1 Å². The van der Waals surface area contributed by atoms with Gasteiger partial charge in [-0.3, -0.25) is 0 Å². The Morgan fingerprint density at radius 1 is 1.27 bits per heavy atom. The van der Waals surface area contributed by atoms with E-state index in [4.69, 9.17) is 5.73 Å². The number of hydrogen-bond donors (Lipinski definition) is 2. The summed E-state index contributed by atoms with van der Waals surface area (Å²) < 4.78 is 15.5. The number of halogens is 2. The highest BCUT2D eigenvalue weighted by Gasteiger charge is 2.16. The van der Waals surface area contributed by atoms with Crippen molar-refractivity contribution in [2.75, 3.05) is 17.6 Å². The third-order valence-electron chi connectivity index (χ3n) is 3.80. The Kier molecular flexibility index (Phi) is 5.49. The number of pyridine rings is 1. The van der Waals surface area contributed by atoms with Gasteiger partial charge in [-0.05, 0) is 49.2 Å². The maximum absolute atomic E-state index is 13.1. The van der Waals surface area contributed by atoms with E-state index in [1.54, 1.807) is 18.3 Å². The highest BCUT2D eigenvalue weighted by molar-refractivity contribution is 9.10. The Balaban J connectivity index is 1.69. The zero-order valence-corrected chi connectivity index (χ0v) is 15.4. The Morgan fingerprint density at radius 3 is 2.73 bits per heavy atom. The minimum atomic E-state index is -0.340. The van der Waals surface area contributed by atoms with Gasteiger partial charge in [-0.2, -0.15) is 10.4 Å². The lowest BCUT2D eigenvalue weighted by molar-refractivity contribution is 0.627. The van der Waals surface area contributed by atoms with Gasteiger partial charge in [0, 0.05) is 17.2 Å². The maximum Gasteiger partial charge on any atom is 0.145 e. The average molecular weight is 415 g/mol. The average Bonchev–Trinajstić information content (AvgIpc) is 2.95. The monoisotopic (exact) mass is 414 g/mol. The van der Waals surface area contributed by atoms with E-state index >= 15 is 0 Å². The second-order valence-corrected chi connectivity index (χ2v) is 6.51. The quantitative estimate of drug-likeness (QED) is 0.600. The van der Waals surface area contributed by atoms with Gasteiger partial charge in [0.25, 0.3) is 0 Å². The van der Waals surface area contributed by atoms with E-state index in [-0.39, 0.29) is 11.6 Å². The molecule has 0 aliphatic rings. The fourth-order valence-corrected chi connectivity index (χ4v) is 2.86. The lowest BCUT2D eigenvalue weighted by atomic mass is 10.1. The number of benzene rings is 1. The largest absolute Gasteiger partial charge is 0.382 e. The first-order chi connectivity index (χ1) is 12.6. The molecule has 1 aromatic carbocycles. The zero-order chi connectivity index (χ0) is 18.5. The van der Waals surface area contributed by atoms with Crippen molar-refractivity contribution in [2.45, 2.75) is 12.8 Å². The van der Waals surface area contributed by atoms with Gasteiger partial charge in [-0.15, -0.1) is 0 Å². The maximum atomic E-state index is 13.1. The van der Waals surface area contributed by atoms with Crippen molar-refractivity contribution in [2.24, 2.45) is 0 Å². The molecule has 0 amide bonds. The van der Waals surface area contributed by atoms with Crippen molar-refractivity contribution in [1.82, 2.24) is 14.8 Å². The van der Waals surface area contributed by atoms with E-state index in [1.165, 1.54) is 16.8 Å². The standard InChI is InChI=1S/C18H16BrFN6/c19-12-7-9-24-17(10-12)23-8-1-2-16-15(11-21)18(22)26(25-16)14-5-3-13(20)4-6-14/h3-7,9-10H,1-2,8,22H2,(H,23,24). The zero-order valence-electron chi connectivity index (χ0n) is 13.8. The number of aromatic nitrogens is 3. The van der Waals surface area contributed by atoms with Crippen molar-refractivity contribution < 1.29 is 4.39 Å². The first kappa shape index (κ1) is 17.9. The van der Waals surface area contributed by atoms with E-state index in [0.717, 1.165) is 16.7 Å². The van der Waals surface area contributed by atoms with Gasteiger partial charge in [0.15, 0.2) is 0 Å². The lowest BCUT2D eigenvalue weighted by Crippen LogP contribution is -2.05. The molecule has 2 heterocycles. The summed E-state index contributed by atoms with van der Waals surface area (Å²) in [6.45, 7) is 0.678. The Morgan fingerprint density at radius 2 is 2.04 bits per heavy atom. The molecule has 0 saturated heterocycles. The van der Waals surface area contributed by atoms with Crippen LogP contribution in [0.2, 0.25) is 0 Å². The molecule has 0 radical (unpaired) electrons. The number of nitrogen functional groups attached to an aromatic ring is 1. The predicted octanol–water partition coefficient (Wildman–Crippen LogP) is 3.67. The van der Waals surface area contributed by atoms with Crippen LogP contribution >= 0.6 is 15.9 Å². The Labute approximate surface area is 158 Å². The number of aryl methyl sites for hydroxylation is 1. The van der Waals surface area contributed by atoms with Crippen molar-refractivity contribution >= 4 is 27.6 Å². The predicted molar refractivity (Wildman–Crippen MR) is 101 cm³/mol. The minimum absolute atomic E-state index is 0.260. The third-order valence-corrected chi connectivity index (χ3v) is 4.29. The van der Waals surface area contributed by atoms with Crippen LogP contribution in [0.1, 0.15) is 17.7 Å². The summed E-state index contributed by atoms with van der Waals surface area (Å²) >= 11 is 3.40. The van der Waals surface area contributed by atoms with Gasteiger partial charge in [0.05, 0.1) is 11.4 Å². The summed E-state index contributed by atoms with van der Waals surface area (Å²) in [5.74, 6) is 0.694. The van der Waals surface area contributed by atoms with Gasteiger partial charge < -0.3 is 11.1 Å². The molecule has 3 rings (SSSR count). The fourth-order valence-electron chi connectivity index (χ4n) is 2.53. The van der Waals surface area contributed by atoms with Crippen molar-refractivity contribution in [3.63, 3.8) is 0 Å². The van der Waals surface area contributed by atoms with Gasteiger partial charge in [0.1, 0.15) is 29.1 Å². The summed E-state index contributed by atoms with van der Waals surface area (Å²) in [7, 11) is 0. The SMILES string of the molecule is N#Cc1c(CCCNc2cc(Br)ccn2)nn(-c2ccc(F)cc2)c1N. The van der Waals surface area contributed by atoms with E-state index in [2.05, 4.69) is 37.4 Å². The molecule has 0 bridgehead atoms. The first-order valence-electron chi connectivity index (χ1n) is 7.97. The number of rotatable bonds is 6. The molecule has 0 saturated carbocycles. The molecule has 26 heavy (non-hydrogen) atoms. The summed E-state index contributed by atoms with van der Waals surface area (Å²) in [5.41, 5.74) is 7.64. The summed E-state index contributed by atoms with van der Waals surface area (Å²) in [6, 6.07) is 11.7. The van der Waals surface area contributed by atoms with Crippen molar-refractivity contribution in [3.8, 4) is 11.8 Å². The number of anilines is 2. The smallest absolute Gasteiger partial charge is 0.145 e. The number of nitrogens with two attached hydrogens (primary N) is 1. The molecular weight excluding hydrogens is 399 g/mol.